The molecule has 0 heterocycles. The lowest BCUT2D eigenvalue weighted by atomic mass is 10.0. The average Bonchev–Trinajstić information content (AvgIpc) is 2.47. The molecule has 0 saturated heterocycles. The first kappa shape index (κ1) is 15.2. The quantitative estimate of drug-likeness (QED) is 0.657. The molecule has 0 aliphatic rings. The molecule has 2 atom stereocenters. The lowest BCUT2D eigenvalue weighted by molar-refractivity contribution is -0.385. The van der Waals surface area contributed by atoms with Crippen LogP contribution in [0.2, 0.25) is 0 Å². The number of hydrogen-bond donors (Lipinski definition) is 1. The molecule has 0 spiro atoms. The summed E-state index contributed by atoms with van der Waals surface area (Å²) in [4.78, 5) is 10.8. The Morgan fingerprint density at radius 3 is 2.43 bits per heavy atom. The van der Waals surface area contributed by atoms with Gasteiger partial charge in [0.1, 0.15) is 0 Å². The van der Waals surface area contributed by atoms with Gasteiger partial charge < -0.3 is 5.32 Å². The van der Waals surface area contributed by atoms with Gasteiger partial charge >= 0.3 is 0 Å². The zero-order valence-electron chi connectivity index (χ0n) is 12.5. The van der Waals surface area contributed by atoms with Gasteiger partial charge in [0.05, 0.1) is 4.92 Å². The fraction of sp³-hybridized carbons (Fsp3) is 0.294. The highest BCUT2D eigenvalue weighted by Gasteiger charge is 2.19. The van der Waals surface area contributed by atoms with Crippen LogP contribution in [0.3, 0.4) is 0 Å². The summed E-state index contributed by atoms with van der Waals surface area (Å²) in [7, 11) is 0. The summed E-state index contributed by atoms with van der Waals surface area (Å²) >= 11 is 0. The Bertz CT molecular complexity index is 640. The molecule has 0 radical (unpaired) electrons. The van der Waals surface area contributed by atoms with Crippen molar-refractivity contribution in [1.82, 2.24) is 5.32 Å². The van der Waals surface area contributed by atoms with Crippen LogP contribution >= 0.6 is 0 Å². The molecule has 0 aliphatic carbocycles. The van der Waals surface area contributed by atoms with E-state index in [4.69, 9.17) is 0 Å². The molecule has 2 rings (SSSR count). The van der Waals surface area contributed by atoms with E-state index in [-0.39, 0.29) is 22.7 Å². The van der Waals surface area contributed by atoms with Crippen molar-refractivity contribution >= 4 is 5.69 Å². The standard InChI is InChI=1S/C17H20N2O2/c1-12-7-6-8-15(11-12)13(2)18-14(3)16-9-4-5-10-17(16)19(20)21/h4-11,13-14,18H,1-3H3/t13-,14?/m0/s1. The van der Waals surface area contributed by atoms with Gasteiger partial charge in [0, 0.05) is 23.7 Å². The van der Waals surface area contributed by atoms with Crippen LogP contribution < -0.4 is 5.32 Å². The number of nitro groups is 1. The predicted octanol–water partition coefficient (Wildman–Crippen LogP) is 4.32. The predicted molar refractivity (Wildman–Crippen MR) is 84.2 cm³/mol. The van der Waals surface area contributed by atoms with E-state index in [1.165, 1.54) is 11.1 Å². The molecule has 0 aromatic heterocycles. The highest BCUT2D eigenvalue weighted by molar-refractivity contribution is 5.42. The molecular formula is C17H20N2O2. The number of para-hydroxylation sites is 1. The van der Waals surface area contributed by atoms with E-state index in [1.807, 2.05) is 19.1 Å². The number of benzene rings is 2. The molecular weight excluding hydrogens is 264 g/mol. The van der Waals surface area contributed by atoms with Crippen molar-refractivity contribution in [3.63, 3.8) is 0 Å². The summed E-state index contributed by atoms with van der Waals surface area (Å²) in [6, 6.07) is 15.2. The van der Waals surface area contributed by atoms with Crippen LogP contribution in [0.25, 0.3) is 0 Å². The zero-order chi connectivity index (χ0) is 15.4. The normalized spacial score (nSPS) is 13.7. The van der Waals surface area contributed by atoms with Gasteiger partial charge in [-0.2, -0.15) is 0 Å². The van der Waals surface area contributed by atoms with Crippen LogP contribution in [0.5, 0.6) is 0 Å². The van der Waals surface area contributed by atoms with E-state index in [2.05, 4.69) is 37.4 Å². The first-order chi connectivity index (χ1) is 9.99. The molecule has 2 aromatic rings. The molecule has 2 aromatic carbocycles. The van der Waals surface area contributed by atoms with E-state index in [9.17, 15) is 10.1 Å². The van der Waals surface area contributed by atoms with Crippen LogP contribution in [0.1, 0.15) is 42.6 Å². The highest BCUT2D eigenvalue weighted by atomic mass is 16.6. The Morgan fingerprint density at radius 2 is 1.76 bits per heavy atom. The molecule has 1 unspecified atom stereocenters. The lowest BCUT2D eigenvalue weighted by Crippen LogP contribution is -2.23. The third-order valence-electron chi connectivity index (χ3n) is 3.64. The summed E-state index contributed by atoms with van der Waals surface area (Å²) in [5, 5.41) is 14.5. The Kier molecular flexibility index (Phi) is 4.70. The fourth-order valence-electron chi connectivity index (χ4n) is 2.52. The fourth-order valence-corrected chi connectivity index (χ4v) is 2.52. The van der Waals surface area contributed by atoms with Crippen molar-refractivity contribution in [2.75, 3.05) is 0 Å². The van der Waals surface area contributed by atoms with Crippen molar-refractivity contribution in [1.29, 1.82) is 0 Å². The summed E-state index contributed by atoms with van der Waals surface area (Å²) in [5.41, 5.74) is 3.26. The molecule has 4 nitrogen and oxygen atoms in total. The van der Waals surface area contributed by atoms with Gasteiger partial charge in [-0.15, -0.1) is 0 Å². The maximum absolute atomic E-state index is 11.1. The molecule has 0 saturated carbocycles. The van der Waals surface area contributed by atoms with E-state index in [0.717, 1.165) is 0 Å². The number of rotatable bonds is 5. The number of aryl methyl sites for hydroxylation is 1. The van der Waals surface area contributed by atoms with Gasteiger partial charge in [0.25, 0.3) is 5.69 Å². The maximum Gasteiger partial charge on any atom is 0.274 e. The Labute approximate surface area is 125 Å². The van der Waals surface area contributed by atoms with Crippen molar-refractivity contribution in [3.8, 4) is 0 Å². The van der Waals surface area contributed by atoms with Crippen LogP contribution in [0, 0.1) is 17.0 Å². The lowest BCUT2D eigenvalue weighted by Gasteiger charge is -2.21. The highest BCUT2D eigenvalue weighted by Crippen LogP contribution is 2.26. The average molecular weight is 284 g/mol. The van der Waals surface area contributed by atoms with Gasteiger partial charge in [0.15, 0.2) is 0 Å². The zero-order valence-corrected chi connectivity index (χ0v) is 12.5. The number of nitro benzene ring substituents is 1. The van der Waals surface area contributed by atoms with Crippen molar-refractivity contribution in [3.05, 3.63) is 75.3 Å². The van der Waals surface area contributed by atoms with Crippen molar-refractivity contribution < 1.29 is 4.92 Å². The Hall–Kier alpha value is -2.20. The van der Waals surface area contributed by atoms with E-state index < -0.39 is 0 Å². The van der Waals surface area contributed by atoms with E-state index >= 15 is 0 Å². The number of nitrogens with zero attached hydrogens (tertiary/aromatic N) is 1. The second-order valence-corrected chi connectivity index (χ2v) is 5.34. The summed E-state index contributed by atoms with van der Waals surface area (Å²) in [5.74, 6) is 0. The SMILES string of the molecule is Cc1cccc([C@H](C)NC(C)c2ccccc2[N+](=O)[O-])c1. The number of nitrogens with one attached hydrogen (secondary N) is 1. The molecule has 0 bridgehead atoms. The third kappa shape index (κ3) is 3.67. The van der Waals surface area contributed by atoms with Gasteiger partial charge in [-0.3, -0.25) is 10.1 Å². The van der Waals surface area contributed by atoms with Crippen molar-refractivity contribution in [2.24, 2.45) is 0 Å². The monoisotopic (exact) mass is 284 g/mol. The Morgan fingerprint density at radius 1 is 1.05 bits per heavy atom. The first-order valence-electron chi connectivity index (χ1n) is 7.05. The van der Waals surface area contributed by atoms with Gasteiger partial charge in [-0.05, 0) is 26.3 Å². The molecule has 4 heteroatoms. The third-order valence-corrected chi connectivity index (χ3v) is 3.64. The van der Waals surface area contributed by atoms with Crippen LogP contribution in [0.15, 0.2) is 48.5 Å². The smallest absolute Gasteiger partial charge is 0.274 e. The minimum Gasteiger partial charge on any atom is -0.303 e. The molecule has 0 fully saturated rings. The molecule has 0 aliphatic heterocycles. The largest absolute Gasteiger partial charge is 0.303 e. The summed E-state index contributed by atoms with van der Waals surface area (Å²) in [6.45, 7) is 6.08. The summed E-state index contributed by atoms with van der Waals surface area (Å²) < 4.78 is 0. The molecule has 21 heavy (non-hydrogen) atoms. The van der Waals surface area contributed by atoms with Gasteiger partial charge in [-0.1, -0.05) is 48.0 Å². The second-order valence-electron chi connectivity index (χ2n) is 5.34. The van der Waals surface area contributed by atoms with Crippen LogP contribution in [-0.2, 0) is 0 Å². The molecule has 1 N–H and O–H groups in total. The maximum atomic E-state index is 11.1. The van der Waals surface area contributed by atoms with Crippen LogP contribution in [0.4, 0.5) is 5.69 Å². The second kappa shape index (κ2) is 6.50. The van der Waals surface area contributed by atoms with Crippen LogP contribution in [-0.4, -0.2) is 4.92 Å². The summed E-state index contributed by atoms with van der Waals surface area (Å²) in [6.07, 6.45) is 0. The minimum absolute atomic E-state index is 0.0953. The first-order valence-corrected chi connectivity index (χ1v) is 7.05. The van der Waals surface area contributed by atoms with E-state index in [0.29, 0.717) is 5.56 Å². The van der Waals surface area contributed by atoms with Gasteiger partial charge in [-0.25, -0.2) is 0 Å². The minimum atomic E-state index is -0.329. The van der Waals surface area contributed by atoms with Gasteiger partial charge in [0.2, 0.25) is 0 Å². The number of hydrogen-bond acceptors (Lipinski definition) is 3. The topological polar surface area (TPSA) is 55.2 Å². The Balaban J connectivity index is 2.18. The molecule has 0 amide bonds. The van der Waals surface area contributed by atoms with Crippen molar-refractivity contribution in [2.45, 2.75) is 32.9 Å². The molecule has 110 valence electrons. The van der Waals surface area contributed by atoms with E-state index in [1.54, 1.807) is 18.2 Å².